The molecule has 32 heteroatoms. The molecule has 0 bridgehead atoms. The second-order valence-corrected chi connectivity index (χ2v) is 23.9. The molecule has 0 saturated heterocycles. The quantitative estimate of drug-likeness (QED) is 0.0266. The van der Waals surface area contributed by atoms with Gasteiger partial charge in [-0.3, -0.25) is 15.0 Å². The summed E-state index contributed by atoms with van der Waals surface area (Å²) in [5.41, 5.74) is 4.73. The van der Waals surface area contributed by atoms with Crippen molar-refractivity contribution in [3.63, 3.8) is 0 Å². The number of aromatic nitrogens is 5. The molecule has 0 fully saturated rings. The minimum absolute atomic E-state index is 0. The average Bonchev–Trinajstić information content (AvgIpc) is 4.04. The second-order valence-electron chi connectivity index (χ2n) is 17.7. The molecule has 0 aliphatic rings. The smallest absolute Gasteiger partial charge is 0.744 e. The van der Waals surface area contributed by atoms with Crippen molar-refractivity contribution in [2.24, 2.45) is 10.2 Å². The summed E-state index contributed by atoms with van der Waals surface area (Å²) in [6, 6.07) is 16.1. The fourth-order valence-electron chi connectivity index (χ4n) is 8.42. The van der Waals surface area contributed by atoms with Crippen LogP contribution >= 0.6 is 46.8 Å². The van der Waals surface area contributed by atoms with Crippen LogP contribution in [0, 0.1) is 59.8 Å². The summed E-state index contributed by atoms with van der Waals surface area (Å²) in [5, 5.41) is 57.7. The van der Waals surface area contributed by atoms with Gasteiger partial charge in [0.15, 0.2) is 16.8 Å². The maximum Gasteiger partial charge on any atom is 1.00 e. The molecule has 1 N–H and O–H groups in total. The molecule has 78 heavy (non-hydrogen) atoms. The number of thiazole rings is 2. The third kappa shape index (κ3) is 13.8. The molecule has 0 amide bonds. The van der Waals surface area contributed by atoms with Gasteiger partial charge in [0, 0.05) is 20.9 Å². The van der Waals surface area contributed by atoms with Crippen LogP contribution in [0.15, 0.2) is 84.4 Å². The monoisotopic (exact) mass is 1140 g/mol. The molecular formula is C46H40Li4N10O12S6. The standard InChI is InChI=1S/C46H44N10O12S6.4Li/c1-21-15-24(4)39(72-68-66-58)26(6)36(21)51-42-37(52-53-43-30(20-47)41(46(8,9)10)54-56(43)45-49-31-13-11-28(71-67-65-57)18-33(31)70-45)22(2)17-35(50-42)55(38-23(3)16-25(5)40(27(38)7)74(62,63)64)44-48-32-14-12-29(73(59,60)61)19-34(32)69-44;;;;/h11-19,57-58H,1-10H3,(H,50,51)(H,59,60,61)(H,62,63,64);;;;/q;4*+1/p-4. The van der Waals surface area contributed by atoms with Gasteiger partial charge in [-0.05, 0) is 130 Å². The van der Waals surface area contributed by atoms with Crippen LogP contribution in [0.5, 0.6) is 0 Å². The fraction of sp³-hybridized carbons (Fsp3) is 0.239. The van der Waals surface area contributed by atoms with E-state index in [1.54, 1.807) is 51.1 Å². The minimum atomic E-state index is -5.07. The molecule has 8 rings (SSSR count). The molecule has 0 aliphatic heterocycles. The first kappa shape index (κ1) is 66.9. The van der Waals surface area contributed by atoms with Gasteiger partial charge in [0.1, 0.15) is 43.4 Å². The zero-order chi connectivity index (χ0) is 53.8. The maximum atomic E-state index is 12.9. The molecule has 386 valence electrons. The summed E-state index contributed by atoms with van der Waals surface area (Å²) in [7, 11) is -9.95. The van der Waals surface area contributed by atoms with Gasteiger partial charge in [-0.1, -0.05) is 55.6 Å². The first-order chi connectivity index (χ1) is 34.8. The molecule has 0 unspecified atom stereocenters. The van der Waals surface area contributed by atoms with E-state index in [0.717, 1.165) is 23.0 Å². The first-order valence-corrected chi connectivity index (χ1v) is 27.5. The molecule has 0 atom stereocenters. The fourth-order valence-corrected chi connectivity index (χ4v) is 12.9. The Balaban J connectivity index is 0.00000328. The average molecular weight is 1150 g/mol. The van der Waals surface area contributed by atoms with E-state index in [1.807, 2.05) is 40.7 Å². The van der Waals surface area contributed by atoms with Crippen LogP contribution < -0.4 is 96.2 Å². The zero-order valence-corrected chi connectivity index (χ0v) is 49.5. The van der Waals surface area contributed by atoms with Crippen molar-refractivity contribution in [3.8, 4) is 11.2 Å². The van der Waals surface area contributed by atoms with E-state index in [9.17, 15) is 41.7 Å². The number of nitrogens with zero attached hydrogens (tertiary/aromatic N) is 9. The van der Waals surface area contributed by atoms with Crippen LogP contribution in [0.3, 0.4) is 0 Å². The summed E-state index contributed by atoms with van der Waals surface area (Å²) < 4.78 is 86.8. The van der Waals surface area contributed by atoms with Gasteiger partial charge in [0.05, 0.1) is 65.7 Å². The van der Waals surface area contributed by atoms with Gasteiger partial charge in [-0.25, -0.2) is 31.8 Å². The van der Waals surface area contributed by atoms with Gasteiger partial charge in [0.25, 0.3) is 0 Å². The Morgan fingerprint density at radius 1 is 0.731 bits per heavy atom. The van der Waals surface area contributed by atoms with E-state index < -0.39 is 35.4 Å². The number of hydrogen-bond acceptors (Lipinski definition) is 25. The molecular weight excluding hydrogens is 1100 g/mol. The van der Waals surface area contributed by atoms with Crippen molar-refractivity contribution in [3.05, 3.63) is 105 Å². The number of aryl methyl sites for hydroxylation is 5. The summed E-state index contributed by atoms with van der Waals surface area (Å²) in [4.78, 5) is 16.4. The van der Waals surface area contributed by atoms with Crippen molar-refractivity contribution in [2.75, 3.05) is 10.2 Å². The van der Waals surface area contributed by atoms with Gasteiger partial charge in [-0.2, -0.15) is 23.7 Å². The number of nitrogens with one attached hydrogen (secondary N) is 1. The summed E-state index contributed by atoms with van der Waals surface area (Å²) in [6.07, 6.45) is 0. The van der Waals surface area contributed by atoms with Crippen LogP contribution in [0.2, 0.25) is 0 Å². The maximum absolute atomic E-state index is 12.9. The third-order valence-corrected chi connectivity index (χ3v) is 16.9. The van der Waals surface area contributed by atoms with Crippen molar-refractivity contribution in [1.29, 1.82) is 5.26 Å². The molecule has 4 heterocycles. The molecule has 22 nitrogen and oxygen atoms in total. The van der Waals surface area contributed by atoms with Gasteiger partial charge >= 0.3 is 75.4 Å². The zero-order valence-electron chi connectivity index (χ0n) is 44.6. The largest absolute Gasteiger partial charge is 1.00 e. The molecule has 8 aromatic rings. The third-order valence-electron chi connectivity index (χ3n) is 11.5. The Labute approximate surface area is 513 Å². The minimum Gasteiger partial charge on any atom is -0.744 e. The Hall–Kier alpha value is -3.62. The Bertz CT molecular complexity index is 3890. The van der Waals surface area contributed by atoms with Crippen LogP contribution in [0.1, 0.15) is 71.0 Å². The predicted molar refractivity (Wildman–Crippen MR) is 271 cm³/mol. The predicted octanol–water partition coefficient (Wildman–Crippen LogP) is -2.27. The summed E-state index contributed by atoms with van der Waals surface area (Å²) >= 11 is 3.60. The van der Waals surface area contributed by atoms with Crippen LogP contribution in [-0.2, 0) is 44.4 Å². The van der Waals surface area contributed by atoms with Crippen molar-refractivity contribution in [2.45, 2.75) is 94.2 Å². The van der Waals surface area contributed by atoms with Gasteiger partial charge in [0.2, 0.25) is 5.13 Å². The van der Waals surface area contributed by atoms with Crippen molar-refractivity contribution >= 4 is 127 Å². The van der Waals surface area contributed by atoms with E-state index in [1.165, 1.54) is 46.9 Å². The van der Waals surface area contributed by atoms with E-state index in [0.29, 0.717) is 82.9 Å². The van der Waals surface area contributed by atoms with Crippen molar-refractivity contribution in [1.82, 2.24) is 24.7 Å². The van der Waals surface area contributed by atoms with E-state index in [4.69, 9.17) is 34.6 Å². The van der Waals surface area contributed by atoms with Crippen molar-refractivity contribution < 1.29 is 131 Å². The number of azo groups is 1. The van der Waals surface area contributed by atoms with Crippen LogP contribution in [0.25, 0.3) is 25.6 Å². The van der Waals surface area contributed by atoms with Crippen LogP contribution in [0.4, 0.5) is 39.6 Å². The topological polar surface area (TPSA) is 318 Å². The number of benzene rings is 4. The van der Waals surface area contributed by atoms with Gasteiger partial charge < -0.3 is 24.9 Å². The first-order valence-electron chi connectivity index (χ1n) is 21.6. The molecule has 0 spiro atoms. The van der Waals surface area contributed by atoms with Gasteiger partial charge in [-0.15, -0.1) is 10.2 Å². The number of pyridine rings is 1. The molecule has 4 aromatic carbocycles. The molecule has 4 aromatic heterocycles. The number of rotatable bonds is 16. The summed E-state index contributed by atoms with van der Waals surface area (Å²) in [5.74, 6) is 0.171. The van der Waals surface area contributed by atoms with E-state index >= 15 is 0 Å². The van der Waals surface area contributed by atoms with Crippen LogP contribution in [-0.4, -0.2) is 50.7 Å². The normalized spacial score (nSPS) is 11.8. The number of nitriles is 1. The summed E-state index contributed by atoms with van der Waals surface area (Å²) in [6.45, 7) is 17.5. The Morgan fingerprint density at radius 2 is 1.36 bits per heavy atom. The Morgan fingerprint density at radius 3 is 1.99 bits per heavy atom. The van der Waals surface area contributed by atoms with E-state index in [2.05, 4.69) is 25.8 Å². The molecule has 0 radical (unpaired) electrons. The SMILES string of the molecule is Cc1cc(N(c2nc3ccc(S(=O)(=O)[O-])cc3s2)c2c(C)cc(C)c(S(=O)(=O)[O-])c2C)nc(Nc2c(C)cc(C)c(SOO[O-])c2C)c1N=Nc1c(C#N)c(C(C)(C)C)nn1-c1nc2ccc(SOO[O-])cc2s1.[Li+].[Li+].[Li+].[Li+]. The second kappa shape index (κ2) is 26.5. The number of fused-ring (bicyclic) bond motifs is 2. The number of anilines is 5. The Kier molecular flexibility index (Phi) is 22.7. The number of hydrogen-bond donors (Lipinski definition) is 1. The molecule has 0 aliphatic carbocycles. The molecule has 0 saturated carbocycles. The van der Waals surface area contributed by atoms with E-state index in [-0.39, 0.29) is 136 Å².